The van der Waals surface area contributed by atoms with Crippen molar-refractivity contribution < 1.29 is 9.84 Å². The van der Waals surface area contributed by atoms with Gasteiger partial charge in [0.15, 0.2) is 0 Å². The Morgan fingerprint density at radius 1 is 1.47 bits per heavy atom. The Hall–Kier alpha value is -0.900. The third-order valence-corrected chi connectivity index (χ3v) is 3.30. The van der Waals surface area contributed by atoms with Crippen molar-refractivity contribution in [3.63, 3.8) is 0 Å². The van der Waals surface area contributed by atoms with E-state index >= 15 is 0 Å². The van der Waals surface area contributed by atoms with Crippen LogP contribution in [0.1, 0.15) is 29.2 Å². The van der Waals surface area contributed by atoms with Crippen LogP contribution in [0, 0.1) is 13.8 Å². The number of nitrogens with one attached hydrogen (secondary N) is 1. The average Bonchev–Trinajstić information content (AvgIpc) is 2.33. The third-order valence-electron chi connectivity index (χ3n) is 3.30. The highest BCUT2D eigenvalue weighted by Gasteiger charge is 2.19. The van der Waals surface area contributed by atoms with Gasteiger partial charge in [0, 0.05) is 12.6 Å². The van der Waals surface area contributed by atoms with Crippen LogP contribution >= 0.6 is 0 Å². The SMILES string of the molecule is Cc1ccc(C)c(C(O)CC2COCCN2)c1. The van der Waals surface area contributed by atoms with Gasteiger partial charge in [-0.1, -0.05) is 23.8 Å². The molecule has 0 bridgehead atoms. The molecule has 17 heavy (non-hydrogen) atoms. The highest BCUT2D eigenvalue weighted by molar-refractivity contribution is 5.32. The van der Waals surface area contributed by atoms with Gasteiger partial charge in [0.1, 0.15) is 0 Å². The number of aryl methyl sites for hydroxylation is 2. The molecule has 0 spiro atoms. The molecule has 0 amide bonds. The zero-order valence-electron chi connectivity index (χ0n) is 10.6. The molecular weight excluding hydrogens is 214 g/mol. The molecule has 2 unspecified atom stereocenters. The minimum absolute atomic E-state index is 0.263. The summed E-state index contributed by atoms with van der Waals surface area (Å²) >= 11 is 0. The lowest BCUT2D eigenvalue weighted by atomic mass is 9.96. The van der Waals surface area contributed by atoms with Crippen molar-refractivity contribution in [1.29, 1.82) is 0 Å². The number of hydrogen-bond donors (Lipinski definition) is 2. The van der Waals surface area contributed by atoms with Crippen molar-refractivity contribution in [3.05, 3.63) is 34.9 Å². The smallest absolute Gasteiger partial charge is 0.0808 e. The van der Waals surface area contributed by atoms with Gasteiger partial charge in [0.25, 0.3) is 0 Å². The van der Waals surface area contributed by atoms with E-state index in [2.05, 4.69) is 30.4 Å². The van der Waals surface area contributed by atoms with E-state index in [1.54, 1.807) is 0 Å². The first-order valence-corrected chi connectivity index (χ1v) is 6.23. The van der Waals surface area contributed by atoms with Crippen LogP contribution < -0.4 is 5.32 Å². The van der Waals surface area contributed by atoms with Crippen LogP contribution in [-0.4, -0.2) is 30.9 Å². The van der Waals surface area contributed by atoms with Gasteiger partial charge in [-0.2, -0.15) is 0 Å². The standard InChI is InChI=1S/C14H21NO2/c1-10-3-4-11(2)13(7-10)14(16)8-12-9-17-6-5-15-12/h3-4,7,12,14-16H,5-6,8-9H2,1-2H3. The summed E-state index contributed by atoms with van der Waals surface area (Å²) in [5, 5.41) is 13.7. The molecule has 0 aromatic heterocycles. The van der Waals surface area contributed by atoms with E-state index in [4.69, 9.17) is 4.74 Å². The largest absolute Gasteiger partial charge is 0.388 e. The summed E-state index contributed by atoms with van der Waals surface area (Å²) in [6, 6.07) is 6.48. The van der Waals surface area contributed by atoms with Crippen molar-refractivity contribution >= 4 is 0 Å². The molecule has 1 heterocycles. The van der Waals surface area contributed by atoms with Gasteiger partial charge >= 0.3 is 0 Å². The van der Waals surface area contributed by atoms with Crippen LogP contribution in [0.25, 0.3) is 0 Å². The number of rotatable bonds is 3. The Kier molecular flexibility index (Phi) is 4.15. The van der Waals surface area contributed by atoms with Gasteiger partial charge in [-0.3, -0.25) is 0 Å². The van der Waals surface area contributed by atoms with E-state index in [1.807, 2.05) is 6.92 Å². The Balaban J connectivity index is 2.02. The lowest BCUT2D eigenvalue weighted by molar-refractivity contribution is 0.0517. The fourth-order valence-corrected chi connectivity index (χ4v) is 2.29. The van der Waals surface area contributed by atoms with Gasteiger partial charge in [-0.15, -0.1) is 0 Å². The molecule has 94 valence electrons. The van der Waals surface area contributed by atoms with E-state index < -0.39 is 6.10 Å². The average molecular weight is 235 g/mol. The van der Waals surface area contributed by atoms with Crippen LogP contribution in [-0.2, 0) is 4.74 Å². The Labute approximate surface area is 103 Å². The number of aliphatic hydroxyl groups is 1. The fourth-order valence-electron chi connectivity index (χ4n) is 2.29. The van der Waals surface area contributed by atoms with Crippen molar-refractivity contribution in [3.8, 4) is 0 Å². The van der Waals surface area contributed by atoms with Gasteiger partial charge in [0.2, 0.25) is 0 Å². The fraction of sp³-hybridized carbons (Fsp3) is 0.571. The molecule has 1 aromatic carbocycles. The minimum Gasteiger partial charge on any atom is -0.388 e. The maximum absolute atomic E-state index is 10.3. The van der Waals surface area contributed by atoms with E-state index in [9.17, 15) is 5.11 Å². The zero-order chi connectivity index (χ0) is 12.3. The molecule has 2 rings (SSSR count). The number of hydrogen-bond acceptors (Lipinski definition) is 3. The first-order chi connectivity index (χ1) is 8.16. The highest BCUT2D eigenvalue weighted by atomic mass is 16.5. The topological polar surface area (TPSA) is 41.5 Å². The summed E-state index contributed by atoms with van der Waals surface area (Å²) in [6.45, 7) is 6.45. The van der Waals surface area contributed by atoms with Crippen molar-refractivity contribution in [2.45, 2.75) is 32.4 Å². The molecule has 0 saturated carbocycles. The molecule has 0 radical (unpaired) electrons. The van der Waals surface area contributed by atoms with E-state index in [-0.39, 0.29) is 6.04 Å². The van der Waals surface area contributed by atoms with Gasteiger partial charge in [0.05, 0.1) is 19.3 Å². The number of aliphatic hydroxyl groups excluding tert-OH is 1. The summed E-state index contributed by atoms with van der Waals surface area (Å²) in [6.07, 6.45) is 0.304. The van der Waals surface area contributed by atoms with Crippen molar-refractivity contribution in [2.24, 2.45) is 0 Å². The Bertz CT molecular complexity index is 372. The lowest BCUT2D eigenvalue weighted by Crippen LogP contribution is -2.42. The van der Waals surface area contributed by atoms with Crippen LogP contribution in [0.4, 0.5) is 0 Å². The first kappa shape index (κ1) is 12.6. The molecule has 2 N–H and O–H groups in total. The van der Waals surface area contributed by atoms with Crippen LogP contribution in [0.15, 0.2) is 18.2 Å². The molecule has 0 aliphatic carbocycles. The molecule has 1 fully saturated rings. The second-order valence-corrected chi connectivity index (χ2v) is 4.84. The first-order valence-electron chi connectivity index (χ1n) is 6.23. The molecule has 3 nitrogen and oxygen atoms in total. The molecule has 2 atom stereocenters. The molecular formula is C14H21NO2. The van der Waals surface area contributed by atoms with E-state index in [0.29, 0.717) is 13.0 Å². The van der Waals surface area contributed by atoms with Crippen LogP contribution in [0.2, 0.25) is 0 Å². The summed E-state index contributed by atoms with van der Waals surface area (Å²) in [5.41, 5.74) is 3.38. The van der Waals surface area contributed by atoms with Crippen LogP contribution in [0.5, 0.6) is 0 Å². The number of benzene rings is 1. The van der Waals surface area contributed by atoms with E-state index in [0.717, 1.165) is 24.3 Å². The summed E-state index contributed by atoms with van der Waals surface area (Å²) in [4.78, 5) is 0. The minimum atomic E-state index is -0.408. The quantitative estimate of drug-likeness (QED) is 0.838. The lowest BCUT2D eigenvalue weighted by Gasteiger charge is -2.26. The number of morpholine rings is 1. The third kappa shape index (κ3) is 3.28. The van der Waals surface area contributed by atoms with Crippen molar-refractivity contribution in [1.82, 2.24) is 5.32 Å². The van der Waals surface area contributed by atoms with Gasteiger partial charge in [-0.05, 0) is 31.4 Å². The molecule has 1 aliphatic rings. The molecule has 1 aliphatic heterocycles. The predicted molar refractivity (Wildman–Crippen MR) is 68.1 cm³/mol. The van der Waals surface area contributed by atoms with Crippen molar-refractivity contribution in [2.75, 3.05) is 19.8 Å². The maximum Gasteiger partial charge on any atom is 0.0808 e. The number of ether oxygens (including phenoxy) is 1. The highest BCUT2D eigenvalue weighted by Crippen LogP contribution is 2.23. The van der Waals surface area contributed by atoms with E-state index in [1.165, 1.54) is 5.56 Å². The zero-order valence-corrected chi connectivity index (χ0v) is 10.6. The Morgan fingerprint density at radius 2 is 2.29 bits per heavy atom. The summed E-state index contributed by atoms with van der Waals surface area (Å²) < 4.78 is 5.40. The second-order valence-electron chi connectivity index (χ2n) is 4.84. The van der Waals surface area contributed by atoms with Gasteiger partial charge < -0.3 is 15.2 Å². The van der Waals surface area contributed by atoms with Crippen LogP contribution in [0.3, 0.4) is 0 Å². The summed E-state index contributed by atoms with van der Waals surface area (Å²) in [5.74, 6) is 0. The molecule has 1 saturated heterocycles. The second kappa shape index (κ2) is 5.63. The molecule has 1 aromatic rings. The monoisotopic (exact) mass is 235 g/mol. The summed E-state index contributed by atoms with van der Waals surface area (Å²) in [7, 11) is 0. The van der Waals surface area contributed by atoms with Gasteiger partial charge in [-0.25, -0.2) is 0 Å². The normalized spacial score (nSPS) is 22.4. The Morgan fingerprint density at radius 3 is 3.00 bits per heavy atom. The molecule has 3 heteroatoms. The predicted octanol–water partition coefficient (Wildman–Crippen LogP) is 1.72. The maximum atomic E-state index is 10.3.